The number of hydrogen-bond acceptors (Lipinski definition) is 4. The van der Waals surface area contributed by atoms with Crippen LogP contribution in [0, 0.1) is 19.3 Å². The summed E-state index contributed by atoms with van der Waals surface area (Å²) in [5.41, 5.74) is 9.20. The molecule has 1 aromatic rings. The first-order valence-electron chi connectivity index (χ1n) is 6.13. The van der Waals surface area contributed by atoms with Crippen molar-refractivity contribution in [1.82, 2.24) is 0 Å². The highest BCUT2D eigenvalue weighted by Gasteiger charge is 2.44. The van der Waals surface area contributed by atoms with Gasteiger partial charge >= 0.3 is 0 Å². The van der Waals surface area contributed by atoms with Crippen LogP contribution in [0.2, 0.25) is 0 Å². The van der Waals surface area contributed by atoms with E-state index in [9.17, 15) is 5.11 Å². The Morgan fingerprint density at radius 3 is 2.50 bits per heavy atom. The van der Waals surface area contributed by atoms with Crippen LogP contribution in [0.15, 0.2) is 12.1 Å². The molecule has 1 aromatic carbocycles. The summed E-state index contributed by atoms with van der Waals surface area (Å²) in [4.78, 5) is 0. The van der Waals surface area contributed by atoms with Crippen LogP contribution in [0.25, 0.3) is 0 Å². The Labute approximate surface area is 108 Å². The Kier molecular flexibility index (Phi) is 3.61. The van der Waals surface area contributed by atoms with Gasteiger partial charge in [0.1, 0.15) is 5.75 Å². The molecule has 0 bridgehead atoms. The summed E-state index contributed by atoms with van der Waals surface area (Å²) >= 11 is 0. The van der Waals surface area contributed by atoms with Crippen molar-refractivity contribution in [3.63, 3.8) is 0 Å². The molecule has 18 heavy (non-hydrogen) atoms. The molecule has 100 valence electrons. The van der Waals surface area contributed by atoms with E-state index >= 15 is 0 Å². The van der Waals surface area contributed by atoms with Gasteiger partial charge in [-0.25, -0.2) is 0 Å². The van der Waals surface area contributed by atoms with E-state index in [0.29, 0.717) is 13.2 Å². The molecule has 0 spiro atoms. The van der Waals surface area contributed by atoms with Crippen LogP contribution < -0.4 is 10.5 Å². The van der Waals surface area contributed by atoms with Gasteiger partial charge in [-0.2, -0.15) is 0 Å². The second-order valence-corrected chi connectivity index (χ2v) is 5.17. The maximum Gasteiger partial charge on any atom is 0.122 e. The first kappa shape index (κ1) is 13.3. The average Bonchev–Trinajstić information content (AvgIpc) is 2.30. The lowest BCUT2D eigenvalue weighted by Gasteiger charge is -2.44. The highest BCUT2D eigenvalue weighted by atomic mass is 16.5. The van der Waals surface area contributed by atoms with Gasteiger partial charge in [0, 0.05) is 6.04 Å². The third-order valence-electron chi connectivity index (χ3n) is 3.87. The van der Waals surface area contributed by atoms with Crippen molar-refractivity contribution in [2.45, 2.75) is 19.9 Å². The highest BCUT2D eigenvalue weighted by molar-refractivity contribution is 5.43. The molecule has 0 aliphatic carbocycles. The smallest absolute Gasteiger partial charge is 0.122 e. The number of nitrogens with two attached hydrogens (primary N) is 1. The summed E-state index contributed by atoms with van der Waals surface area (Å²) < 4.78 is 10.5. The van der Waals surface area contributed by atoms with Gasteiger partial charge in [-0.05, 0) is 36.6 Å². The van der Waals surface area contributed by atoms with Crippen LogP contribution in [0.3, 0.4) is 0 Å². The predicted octanol–water partition coefficient (Wildman–Crippen LogP) is 1.32. The van der Waals surface area contributed by atoms with Crippen LogP contribution in [0.5, 0.6) is 5.75 Å². The van der Waals surface area contributed by atoms with Crippen molar-refractivity contribution in [2.75, 3.05) is 26.9 Å². The molecule has 0 radical (unpaired) electrons. The number of methoxy groups -OCH3 is 1. The molecule has 1 fully saturated rings. The summed E-state index contributed by atoms with van der Waals surface area (Å²) in [6.07, 6.45) is 0. The van der Waals surface area contributed by atoms with Gasteiger partial charge in [0.2, 0.25) is 0 Å². The third-order valence-corrected chi connectivity index (χ3v) is 3.87. The molecule has 2 rings (SSSR count). The minimum absolute atomic E-state index is 0.0542. The summed E-state index contributed by atoms with van der Waals surface area (Å²) in [5.74, 6) is 0.867. The molecule has 4 nitrogen and oxygen atoms in total. The normalized spacial score (nSPS) is 19.2. The van der Waals surface area contributed by atoms with Gasteiger partial charge in [0.15, 0.2) is 0 Å². The number of hydrogen-bond donors (Lipinski definition) is 2. The quantitative estimate of drug-likeness (QED) is 0.847. The number of aliphatic hydroxyl groups excluding tert-OH is 1. The summed E-state index contributed by atoms with van der Waals surface area (Å²) in [6.45, 7) is 5.11. The molecule has 0 aromatic heterocycles. The summed E-state index contributed by atoms with van der Waals surface area (Å²) in [7, 11) is 1.66. The zero-order valence-electron chi connectivity index (χ0n) is 11.2. The fourth-order valence-corrected chi connectivity index (χ4v) is 2.43. The molecule has 1 aliphatic heterocycles. The fourth-order valence-electron chi connectivity index (χ4n) is 2.43. The topological polar surface area (TPSA) is 64.7 Å². The minimum Gasteiger partial charge on any atom is -0.496 e. The van der Waals surface area contributed by atoms with Gasteiger partial charge in [-0.3, -0.25) is 0 Å². The van der Waals surface area contributed by atoms with Crippen molar-refractivity contribution in [3.05, 3.63) is 28.8 Å². The maximum absolute atomic E-state index is 9.54. The molecule has 0 saturated carbocycles. The molecule has 1 heterocycles. The summed E-state index contributed by atoms with van der Waals surface area (Å²) in [6, 6.07) is 3.84. The van der Waals surface area contributed by atoms with Crippen molar-refractivity contribution >= 4 is 0 Å². The molecule has 1 aliphatic rings. The van der Waals surface area contributed by atoms with Gasteiger partial charge < -0.3 is 20.3 Å². The Morgan fingerprint density at radius 1 is 1.39 bits per heavy atom. The predicted molar refractivity (Wildman–Crippen MR) is 69.7 cm³/mol. The van der Waals surface area contributed by atoms with E-state index in [-0.39, 0.29) is 18.1 Å². The average molecular weight is 251 g/mol. The number of aliphatic hydroxyl groups is 1. The number of ether oxygens (including phenoxy) is 2. The fraction of sp³-hybridized carbons (Fsp3) is 0.571. The lowest BCUT2D eigenvalue weighted by Crippen LogP contribution is -2.53. The van der Waals surface area contributed by atoms with Crippen molar-refractivity contribution in [1.29, 1.82) is 0 Å². The molecule has 1 saturated heterocycles. The zero-order valence-corrected chi connectivity index (χ0v) is 11.2. The Bertz CT molecular complexity index is 435. The zero-order chi connectivity index (χ0) is 13.3. The standard InChI is InChI=1S/C14H21NO3/c1-9-5-12(17-3)10(2)4-11(9)13(15)14(6-16)7-18-8-14/h4-5,13,16H,6-8,15H2,1-3H3. The van der Waals surface area contributed by atoms with Gasteiger partial charge in [0.05, 0.1) is 32.3 Å². The lowest BCUT2D eigenvalue weighted by molar-refractivity contribution is -0.150. The molecule has 0 amide bonds. The number of aryl methyl sites for hydroxylation is 2. The molecular formula is C14H21NO3. The van der Waals surface area contributed by atoms with Gasteiger partial charge in [-0.1, -0.05) is 6.07 Å². The molecule has 1 atom stereocenters. The Balaban J connectivity index is 2.36. The Hall–Kier alpha value is -1.10. The Morgan fingerprint density at radius 2 is 2.06 bits per heavy atom. The van der Waals surface area contributed by atoms with E-state index < -0.39 is 0 Å². The molecular weight excluding hydrogens is 230 g/mol. The van der Waals surface area contributed by atoms with E-state index in [1.807, 2.05) is 19.9 Å². The van der Waals surface area contributed by atoms with E-state index in [1.165, 1.54) is 0 Å². The summed E-state index contributed by atoms with van der Waals surface area (Å²) in [5, 5.41) is 9.54. The van der Waals surface area contributed by atoms with E-state index in [0.717, 1.165) is 22.4 Å². The van der Waals surface area contributed by atoms with Gasteiger partial charge in [0.25, 0.3) is 0 Å². The monoisotopic (exact) mass is 251 g/mol. The molecule has 1 unspecified atom stereocenters. The highest BCUT2D eigenvalue weighted by Crippen LogP contribution is 2.40. The second-order valence-electron chi connectivity index (χ2n) is 5.17. The number of rotatable bonds is 4. The van der Waals surface area contributed by atoms with Crippen molar-refractivity contribution in [2.24, 2.45) is 11.1 Å². The van der Waals surface area contributed by atoms with Crippen LogP contribution in [-0.4, -0.2) is 32.0 Å². The lowest BCUT2D eigenvalue weighted by atomic mass is 9.75. The van der Waals surface area contributed by atoms with E-state index in [4.69, 9.17) is 15.2 Å². The second kappa shape index (κ2) is 4.88. The van der Waals surface area contributed by atoms with E-state index in [2.05, 4.69) is 6.07 Å². The first-order valence-corrected chi connectivity index (χ1v) is 6.13. The third kappa shape index (κ3) is 2.00. The van der Waals surface area contributed by atoms with Crippen LogP contribution >= 0.6 is 0 Å². The van der Waals surface area contributed by atoms with Crippen LogP contribution in [0.4, 0.5) is 0 Å². The van der Waals surface area contributed by atoms with Crippen LogP contribution in [0.1, 0.15) is 22.7 Å². The van der Waals surface area contributed by atoms with Crippen LogP contribution in [-0.2, 0) is 4.74 Å². The van der Waals surface area contributed by atoms with Crippen molar-refractivity contribution < 1.29 is 14.6 Å². The SMILES string of the molecule is COc1cc(C)c(C(N)C2(CO)COC2)cc1C. The molecule has 3 N–H and O–H groups in total. The maximum atomic E-state index is 9.54. The molecule has 4 heteroatoms. The first-order chi connectivity index (χ1) is 8.54. The largest absolute Gasteiger partial charge is 0.496 e. The minimum atomic E-state index is -0.328. The van der Waals surface area contributed by atoms with Crippen molar-refractivity contribution in [3.8, 4) is 5.75 Å². The number of benzene rings is 1. The van der Waals surface area contributed by atoms with E-state index in [1.54, 1.807) is 7.11 Å². The van der Waals surface area contributed by atoms with Gasteiger partial charge in [-0.15, -0.1) is 0 Å².